The minimum atomic E-state index is -0.203. The predicted octanol–water partition coefficient (Wildman–Crippen LogP) is 5.04. The number of rotatable bonds is 7. The SMILES string of the molecule is CCOc1ccc(NC(=O)c2ccc(Nc3ccc(CC)cc3)nc2)cc1. The third kappa shape index (κ3) is 5.07. The molecule has 1 aromatic heterocycles. The molecule has 27 heavy (non-hydrogen) atoms. The highest BCUT2D eigenvalue weighted by molar-refractivity contribution is 6.04. The van der Waals surface area contributed by atoms with Crippen LogP contribution in [0.2, 0.25) is 0 Å². The van der Waals surface area contributed by atoms with Crippen molar-refractivity contribution in [3.8, 4) is 5.75 Å². The summed E-state index contributed by atoms with van der Waals surface area (Å²) in [6.07, 6.45) is 2.57. The summed E-state index contributed by atoms with van der Waals surface area (Å²) in [6, 6.07) is 19.0. The number of nitrogens with zero attached hydrogens (tertiary/aromatic N) is 1. The molecular formula is C22H23N3O2. The van der Waals surface area contributed by atoms with E-state index in [-0.39, 0.29) is 5.91 Å². The van der Waals surface area contributed by atoms with Gasteiger partial charge in [0.15, 0.2) is 0 Å². The molecule has 0 spiro atoms. The summed E-state index contributed by atoms with van der Waals surface area (Å²) in [7, 11) is 0. The zero-order valence-corrected chi connectivity index (χ0v) is 15.5. The molecule has 2 N–H and O–H groups in total. The highest BCUT2D eigenvalue weighted by atomic mass is 16.5. The Morgan fingerprint density at radius 3 is 2.22 bits per heavy atom. The Morgan fingerprint density at radius 1 is 0.926 bits per heavy atom. The van der Waals surface area contributed by atoms with Gasteiger partial charge in [-0.25, -0.2) is 4.98 Å². The summed E-state index contributed by atoms with van der Waals surface area (Å²) in [4.78, 5) is 16.7. The van der Waals surface area contributed by atoms with Gasteiger partial charge in [0.05, 0.1) is 12.2 Å². The van der Waals surface area contributed by atoms with Crippen molar-refractivity contribution >= 4 is 23.1 Å². The molecule has 0 bridgehead atoms. The first-order valence-corrected chi connectivity index (χ1v) is 9.04. The molecule has 0 saturated heterocycles. The molecule has 0 atom stereocenters. The Bertz CT molecular complexity index is 873. The smallest absolute Gasteiger partial charge is 0.257 e. The van der Waals surface area contributed by atoms with Crippen LogP contribution in [0, 0.1) is 0 Å². The molecule has 0 saturated carbocycles. The van der Waals surface area contributed by atoms with Crippen molar-refractivity contribution in [1.82, 2.24) is 4.98 Å². The lowest BCUT2D eigenvalue weighted by Crippen LogP contribution is -2.12. The Hall–Kier alpha value is -3.34. The van der Waals surface area contributed by atoms with Gasteiger partial charge in [-0.15, -0.1) is 0 Å². The van der Waals surface area contributed by atoms with Crippen molar-refractivity contribution in [2.24, 2.45) is 0 Å². The Balaban J connectivity index is 1.60. The number of carbonyl (C=O) groups is 1. The molecular weight excluding hydrogens is 338 g/mol. The van der Waals surface area contributed by atoms with Crippen LogP contribution in [0.3, 0.4) is 0 Å². The second-order valence-electron chi connectivity index (χ2n) is 6.02. The van der Waals surface area contributed by atoms with E-state index in [1.807, 2.05) is 43.3 Å². The van der Waals surface area contributed by atoms with Crippen molar-refractivity contribution in [2.45, 2.75) is 20.3 Å². The highest BCUT2D eigenvalue weighted by Gasteiger charge is 2.07. The van der Waals surface area contributed by atoms with E-state index >= 15 is 0 Å². The first-order chi connectivity index (χ1) is 13.2. The molecule has 5 heteroatoms. The summed E-state index contributed by atoms with van der Waals surface area (Å²) in [5, 5.41) is 6.09. The van der Waals surface area contributed by atoms with Crippen LogP contribution in [0.1, 0.15) is 29.8 Å². The van der Waals surface area contributed by atoms with Crippen LogP contribution in [-0.4, -0.2) is 17.5 Å². The number of aromatic nitrogens is 1. The van der Waals surface area contributed by atoms with E-state index in [4.69, 9.17) is 4.74 Å². The van der Waals surface area contributed by atoms with E-state index in [1.54, 1.807) is 18.3 Å². The van der Waals surface area contributed by atoms with Gasteiger partial charge in [-0.3, -0.25) is 4.79 Å². The summed E-state index contributed by atoms with van der Waals surface area (Å²) in [5.74, 6) is 1.27. The fourth-order valence-corrected chi connectivity index (χ4v) is 2.58. The maximum atomic E-state index is 12.4. The molecule has 0 unspecified atom stereocenters. The van der Waals surface area contributed by atoms with Gasteiger partial charge in [-0.1, -0.05) is 19.1 Å². The monoisotopic (exact) mass is 361 g/mol. The van der Waals surface area contributed by atoms with Gasteiger partial charge in [0.1, 0.15) is 11.6 Å². The highest BCUT2D eigenvalue weighted by Crippen LogP contribution is 2.18. The van der Waals surface area contributed by atoms with Crippen LogP contribution in [0.5, 0.6) is 5.75 Å². The molecule has 138 valence electrons. The Morgan fingerprint density at radius 2 is 1.63 bits per heavy atom. The predicted molar refractivity (Wildman–Crippen MR) is 109 cm³/mol. The Kier molecular flexibility index (Phi) is 6.05. The summed E-state index contributed by atoms with van der Waals surface area (Å²) < 4.78 is 5.40. The molecule has 0 aliphatic heterocycles. The van der Waals surface area contributed by atoms with Gasteiger partial charge >= 0.3 is 0 Å². The minimum absolute atomic E-state index is 0.203. The summed E-state index contributed by atoms with van der Waals surface area (Å²) >= 11 is 0. The first-order valence-electron chi connectivity index (χ1n) is 9.04. The standard InChI is InChI=1S/C22H23N3O2/c1-3-16-5-8-18(9-6-16)24-21-14-7-17(15-23-21)22(26)25-19-10-12-20(13-11-19)27-4-2/h5-15H,3-4H2,1-2H3,(H,23,24)(H,25,26). The van der Waals surface area contributed by atoms with E-state index in [9.17, 15) is 4.79 Å². The number of nitrogens with one attached hydrogen (secondary N) is 2. The second-order valence-corrected chi connectivity index (χ2v) is 6.02. The number of carbonyl (C=O) groups excluding carboxylic acids is 1. The molecule has 0 fully saturated rings. The first kappa shape index (κ1) is 18.5. The maximum absolute atomic E-state index is 12.4. The van der Waals surface area contributed by atoms with Gasteiger partial charge in [-0.05, 0) is 67.4 Å². The number of pyridine rings is 1. The van der Waals surface area contributed by atoms with Gasteiger partial charge in [0.25, 0.3) is 5.91 Å². The molecule has 0 aliphatic carbocycles. The van der Waals surface area contributed by atoms with Crippen LogP contribution in [-0.2, 0) is 6.42 Å². The molecule has 5 nitrogen and oxygen atoms in total. The number of ether oxygens (including phenoxy) is 1. The van der Waals surface area contributed by atoms with Crippen molar-refractivity contribution in [3.05, 3.63) is 78.0 Å². The fourth-order valence-electron chi connectivity index (χ4n) is 2.58. The number of amides is 1. The van der Waals surface area contributed by atoms with Gasteiger partial charge < -0.3 is 15.4 Å². The van der Waals surface area contributed by atoms with Crippen LogP contribution in [0.4, 0.5) is 17.2 Å². The van der Waals surface area contributed by atoms with Gasteiger partial charge in [0.2, 0.25) is 0 Å². The van der Waals surface area contributed by atoms with Crippen LogP contribution >= 0.6 is 0 Å². The van der Waals surface area contributed by atoms with Crippen molar-refractivity contribution in [3.63, 3.8) is 0 Å². The van der Waals surface area contributed by atoms with Crippen molar-refractivity contribution in [1.29, 1.82) is 0 Å². The van der Waals surface area contributed by atoms with Gasteiger partial charge in [-0.2, -0.15) is 0 Å². The quantitative estimate of drug-likeness (QED) is 0.619. The van der Waals surface area contributed by atoms with Crippen molar-refractivity contribution < 1.29 is 9.53 Å². The number of aryl methyl sites for hydroxylation is 1. The largest absolute Gasteiger partial charge is 0.494 e. The van der Waals surface area contributed by atoms with Crippen LogP contribution in [0.25, 0.3) is 0 Å². The zero-order valence-electron chi connectivity index (χ0n) is 15.5. The van der Waals surface area contributed by atoms with E-state index in [2.05, 4.69) is 34.7 Å². The zero-order chi connectivity index (χ0) is 19.1. The average molecular weight is 361 g/mol. The number of hydrogen-bond donors (Lipinski definition) is 2. The average Bonchev–Trinajstić information content (AvgIpc) is 2.71. The number of hydrogen-bond acceptors (Lipinski definition) is 4. The molecule has 0 radical (unpaired) electrons. The topological polar surface area (TPSA) is 63.2 Å². The summed E-state index contributed by atoms with van der Waals surface area (Å²) in [6.45, 7) is 4.67. The minimum Gasteiger partial charge on any atom is -0.494 e. The lowest BCUT2D eigenvalue weighted by atomic mass is 10.1. The number of anilines is 3. The second kappa shape index (κ2) is 8.85. The molecule has 2 aromatic carbocycles. The Labute approximate surface area is 159 Å². The van der Waals surface area contributed by atoms with E-state index in [0.29, 0.717) is 23.7 Å². The van der Waals surface area contributed by atoms with Gasteiger partial charge in [0, 0.05) is 17.6 Å². The molecule has 3 aromatic rings. The van der Waals surface area contributed by atoms with Crippen LogP contribution in [0.15, 0.2) is 66.9 Å². The summed E-state index contributed by atoms with van der Waals surface area (Å²) in [5.41, 5.74) is 3.46. The number of benzene rings is 2. The molecule has 1 heterocycles. The van der Waals surface area contributed by atoms with Crippen molar-refractivity contribution in [2.75, 3.05) is 17.2 Å². The molecule has 3 rings (SSSR count). The third-order valence-corrected chi connectivity index (χ3v) is 4.08. The third-order valence-electron chi connectivity index (χ3n) is 4.08. The normalized spacial score (nSPS) is 10.3. The lowest BCUT2D eigenvalue weighted by Gasteiger charge is -2.09. The van der Waals surface area contributed by atoms with E-state index in [0.717, 1.165) is 17.9 Å². The van der Waals surface area contributed by atoms with E-state index < -0.39 is 0 Å². The van der Waals surface area contributed by atoms with Crippen LogP contribution < -0.4 is 15.4 Å². The molecule has 0 aliphatic rings. The fraction of sp³-hybridized carbons (Fsp3) is 0.182. The van der Waals surface area contributed by atoms with E-state index in [1.165, 1.54) is 5.56 Å². The maximum Gasteiger partial charge on any atom is 0.257 e. The lowest BCUT2D eigenvalue weighted by molar-refractivity contribution is 0.102. The molecule has 1 amide bonds.